The minimum absolute atomic E-state index is 0.0109. The van der Waals surface area contributed by atoms with E-state index >= 15 is 0 Å². The Hall–Kier alpha value is -1.60. The van der Waals surface area contributed by atoms with Crippen LogP contribution in [-0.4, -0.2) is 67.0 Å². The van der Waals surface area contributed by atoms with Gasteiger partial charge in [-0.1, -0.05) is 16.8 Å². The molecule has 1 aliphatic heterocycles. The number of amides is 2. The highest BCUT2D eigenvalue weighted by molar-refractivity contribution is 6.29. The Labute approximate surface area is 134 Å². The molecule has 0 aliphatic carbocycles. The second kappa shape index (κ2) is 7.60. The lowest BCUT2D eigenvalue weighted by molar-refractivity contribution is -0.132. The molecule has 2 heterocycles. The summed E-state index contributed by atoms with van der Waals surface area (Å²) in [5.74, 6) is 0.361. The van der Waals surface area contributed by atoms with Crippen molar-refractivity contribution in [2.45, 2.75) is 12.8 Å². The van der Waals surface area contributed by atoms with Gasteiger partial charge in [-0.15, -0.1) is 0 Å². The van der Waals surface area contributed by atoms with Gasteiger partial charge in [-0.3, -0.25) is 9.59 Å². The summed E-state index contributed by atoms with van der Waals surface area (Å²) in [6.45, 7) is 2.48. The van der Waals surface area contributed by atoms with Crippen molar-refractivity contribution in [2.24, 2.45) is 5.92 Å². The molecule has 0 saturated carbocycles. The van der Waals surface area contributed by atoms with Crippen LogP contribution >= 0.6 is 11.6 Å². The lowest BCUT2D eigenvalue weighted by Crippen LogP contribution is -2.41. The van der Waals surface area contributed by atoms with Crippen molar-refractivity contribution < 1.29 is 14.1 Å². The van der Waals surface area contributed by atoms with E-state index in [2.05, 4.69) is 15.4 Å². The predicted molar refractivity (Wildman–Crippen MR) is 81.5 cm³/mol. The summed E-state index contributed by atoms with van der Waals surface area (Å²) in [6.07, 6.45) is 0.769. The van der Waals surface area contributed by atoms with Crippen molar-refractivity contribution in [2.75, 3.05) is 40.3 Å². The van der Waals surface area contributed by atoms with Crippen molar-refractivity contribution in [3.8, 4) is 0 Å². The summed E-state index contributed by atoms with van der Waals surface area (Å²) in [7, 11) is 3.58. The van der Waals surface area contributed by atoms with Crippen LogP contribution < -0.4 is 5.32 Å². The zero-order valence-corrected chi connectivity index (χ0v) is 13.6. The largest absolute Gasteiger partial charge is 0.360 e. The van der Waals surface area contributed by atoms with E-state index in [0.717, 1.165) is 6.54 Å². The molecule has 122 valence electrons. The summed E-state index contributed by atoms with van der Waals surface area (Å²) in [6, 6.07) is 1.61. The molecule has 0 spiro atoms. The number of hydrogen-bond donors (Lipinski definition) is 1. The van der Waals surface area contributed by atoms with Crippen molar-refractivity contribution in [1.82, 2.24) is 20.3 Å². The van der Waals surface area contributed by atoms with Gasteiger partial charge in [0, 0.05) is 52.1 Å². The fourth-order valence-corrected chi connectivity index (χ4v) is 2.72. The lowest BCUT2D eigenvalue weighted by atomic mass is 10.1. The Morgan fingerprint density at radius 3 is 2.86 bits per heavy atom. The number of aryl methyl sites for hydroxylation is 1. The first-order chi connectivity index (χ1) is 10.5. The molecule has 1 aromatic heterocycles. The van der Waals surface area contributed by atoms with Gasteiger partial charge in [-0.25, -0.2) is 0 Å². The van der Waals surface area contributed by atoms with Crippen LogP contribution in [0.4, 0.5) is 0 Å². The molecule has 1 aromatic rings. The van der Waals surface area contributed by atoms with Crippen LogP contribution in [-0.2, 0) is 16.0 Å². The molecule has 1 saturated heterocycles. The number of carbonyl (C=O) groups is 2. The van der Waals surface area contributed by atoms with Crippen LogP contribution in [0.5, 0.6) is 0 Å². The van der Waals surface area contributed by atoms with Gasteiger partial charge in [0.25, 0.3) is 0 Å². The van der Waals surface area contributed by atoms with E-state index in [1.807, 2.05) is 7.05 Å². The Morgan fingerprint density at radius 2 is 2.23 bits per heavy atom. The highest BCUT2D eigenvalue weighted by Crippen LogP contribution is 2.14. The number of nitrogens with zero attached hydrogens (tertiary/aromatic N) is 3. The van der Waals surface area contributed by atoms with Gasteiger partial charge in [-0.2, -0.15) is 0 Å². The first-order valence-electron chi connectivity index (χ1n) is 7.28. The summed E-state index contributed by atoms with van der Waals surface area (Å²) in [4.78, 5) is 28.1. The van der Waals surface area contributed by atoms with Gasteiger partial charge in [0.1, 0.15) is 5.76 Å². The van der Waals surface area contributed by atoms with Crippen LogP contribution in [0.25, 0.3) is 0 Å². The summed E-state index contributed by atoms with van der Waals surface area (Å²) in [5, 5.41) is 6.54. The summed E-state index contributed by atoms with van der Waals surface area (Å²) >= 11 is 5.68. The van der Waals surface area contributed by atoms with E-state index in [1.54, 1.807) is 18.0 Å². The Balaban J connectivity index is 1.93. The average Bonchev–Trinajstić information content (AvgIpc) is 2.81. The molecule has 1 fully saturated rings. The third-order valence-corrected chi connectivity index (χ3v) is 3.99. The van der Waals surface area contributed by atoms with Crippen molar-refractivity contribution in [3.05, 3.63) is 17.0 Å². The predicted octanol–water partition coefficient (Wildman–Crippen LogP) is 0.397. The molecule has 1 unspecified atom stereocenters. The van der Waals surface area contributed by atoms with Crippen LogP contribution in [0, 0.1) is 5.92 Å². The molecule has 1 aliphatic rings. The van der Waals surface area contributed by atoms with E-state index in [-0.39, 0.29) is 17.7 Å². The molecule has 2 rings (SSSR count). The smallest absolute Gasteiger partial charge is 0.225 e. The normalized spacial score (nSPS) is 19.8. The molecule has 0 radical (unpaired) electrons. The molecule has 0 bridgehead atoms. The van der Waals surface area contributed by atoms with Gasteiger partial charge >= 0.3 is 0 Å². The maximum absolute atomic E-state index is 12.4. The summed E-state index contributed by atoms with van der Waals surface area (Å²) in [5.41, 5.74) is 0. The fourth-order valence-electron chi connectivity index (χ4n) is 2.56. The van der Waals surface area contributed by atoms with Crippen LogP contribution in [0.1, 0.15) is 12.2 Å². The SMILES string of the molecule is CNC(=O)C1CN(C)CCN(C(=O)CCc2cc(Cl)no2)C1. The van der Waals surface area contributed by atoms with Gasteiger partial charge in [0.2, 0.25) is 11.8 Å². The Morgan fingerprint density at radius 1 is 1.45 bits per heavy atom. The Bertz CT molecular complexity index is 534. The number of aromatic nitrogens is 1. The maximum atomic E-state index is 12.4. The second-order valence-corrected chi connectivity index (χ2v) is 5.92. The number of hydrogen-bond acceptors (Lipinski definition) is 5. The van der Waals surface area contributed by atoms with Gasteiger partial charge < -0.3 is 19.6 Å². The molecule has 1 N–H and O–H groups in total. The van der Waals surface area contributed by atoms with Crippen LogP contribution in [0.3, 0.4) is 0 Å². The van der Waals surface area contributed by atoms with E-state index in [4.69, 9.17) is 16.1 Å². The number of nitrogens with one attached hydrogen (secondary N) is 1. The monoisotopic (exact) mass is 328 g/mol. The van der Waals surface area contributed by atoms with E-state index in [1.165, 1.54) is 0 Å². The number of rotatable bonds is 4. The van der Waals surface area contributed by atoms with Crippen molar-refractivity contribution in [1.29, 1.82) is 0 Å². The van der Waals surface area contributed by atoms with Gasteiger partial charge in [0.15, 0.2) is 5.15 Å². The van der Waals surface area contributed by atoms with Gasteiger partial charge in [0.05, 0.1) is 5.92 Å². The van der Waals surface area contributed by atoms with Crippen LogP contribution in [0.2, 0.25) is 5.15 Å². The van der Waals surface area contributed by atoms with Gasteiger partial charge in [-0.05, 0) is 7.05 Å². The molecule has 22 heavy (non-hydrogen) atoms. The lowest BCUT2D eigenvalue weighted by Gasteiger charge is -2.23. The van der Waals surface area contributed by atoms with E-state index < -0.39 is 0 Å². The molecular weight excluding hydrogens is 308 g/mol. The van der Waals surface area contributed by atoms with E-state index in [0.29, 0.717) is 43.4 Å². The fraction of sp³-hybridized carbons (Fsp3) is 0.643. The first kappa shape index (κ1) is 16.8. The maximum Gasteiger partial charge on any atom is 0.225 e. The van der Waals surface area contributed by atoms with Crippen molar-refractivity contribution in [3.63, 3.8) is 0 Å². The van der Waals surface area contributed by atoms with E-state index in [9.17, 15) is 9.59 Å². The third-order valence-electron chi connectivity index (χ3n) is 3.81. The quantitative estimate of drug-likeness (QED) is 0.865. The number of halogens is 1. The highest BCUT2D eigenvalue weighted by Gasteiger charge is 2.28. The minimum Gasteiger partial charge on any atom is -0.360 e. The minimum atomic E-state index is -0.207. The molecule has 8 heteroatoms. The molecule has 2 amide bonds. The second-order valence-electron chi connectivity index (χ2n) is 5.53. The topological polar surface area (TPSA) is 78.7 Å². The molecular formula is C14H21ClN4O3. The molecule has 0 aromatic carbocycles. The molecule has 7 nitrogen and oxygen atoms in total. The van der Waals surface area contributed by atoms with Crippen LogP contribution in [0.15, 0.2) is 10.6 Å². The Kier molecular flexibility index (Phi) is 5.79. The molecule has 1 atom stereocenters. The number of carbonyl (C=O) groups excluding carboxylic acids is 2. The zero-order valence-electron chi connectivity index (χ0n) is 12.8. The summed E-state index contributed by atoms with van der Waals surface area (Å²) < 4.78 is 5.00. The first-order valence-corrected chi connectivity index (χ1v) is 7.66. The van der Waals surface area contributed by atoms with Crippen molar-refractivity contribution >= 4 is 23.4 Å². The highest BCUT2D eigenvalue weighted by atomic mass is 35.5. The number of likely N-dealkylation sites (N-methyl/N-ethyl adjacent to an activating group) is 1. The standard InChI is InChI=1S/C14H21ClN4O3/c1-16-14(21)10-8-18(2)5-6-19(9-10)13(20)4-3-11-7-12(15)17-22-11/h7,10H,3-6,8-9H2,1-2H3,(H,16,21). The third kappa shape index (κ3) is 4.45. The average molecular weight is 329 g/mol. The zero-order chi connectivity index (χ0) is 16.1.